The second-order valence-electron chi connectivity index (χ2n) is 2.99. The molecule has 1 rings (SSSR count). The summed E-state index contributed by atoms with van der Waals surface area (Å²) in [6, 6.07) is 10.0. The smallest absolute Gasteiger partial charge is 0.231 e. The van der Waals surface area contributed by atoms with Crippen molar-refractivity contribution in [2.24, 2.45) is 0 Å². The lowest BCUT2D eigenvalue weighted by Crippen LogP contribution is -2.28. The second-order valence-corrected chi connectivity index (χ2v) is 5.17. The molecule has 0 aliphatic heterocycles. The molecule has 0 saturated carbocycles. The van der Waals surface area contributed by atoms with Crippen LogP contribution in [-0.4, -0.2) is 32.7 Å². The van der Waals surface area contributed by atoms with Crippen molar-refractivity contribution >= 4 is 15.7 Å². The van der Waals surface area contributed by atoms with Gasteiger partial charge in [-0.15, -0.1) is 0 Å². The van der Waals surface area contributed by atoms with Crippen LogP contribution in [0.25, 0.3) is 0 Å². The van der Waals surface area contributed by atoms with Crippen molar-refractivity contribution in [3.8, 4) is 0 Å². The van der Waals surface area contributed by atoms with E-state index in [1.807, 2.05) is 12.1 Å². The van der Waals surface area contributed by atoms with Crippen LogP contribution < -0.4 is 5.32 Å². The van der Waals surface area contributed by atoms with Gasteiger partial charge in [-0.25, -0.2) is 12.7 Å². The summed E-state index contributed by atoms with van der Waals surface area (Å²) in [6.45, 7) is 0. The Morgan fingerprint density at radius 2 is 2.14 bits per heavy atom. The van der Waals surface area contributed by atoms with Crippen LogP contribution in [0.2, 0.25) is 0 Å². The molecule has 77 valence electrons. The van der Waals surface area contributed by atoms with Gasteiger partial charge >= 0.3 is 0 Å². The number of hydrogen-bond acceptors (Lipinski definition) is 3. The fourth-order valence-corrected chi connectivity index (χ4v) is 1.40. The Morgan fingerprint density at radius 1 is 1.43 bits per heavy atom. The van der Waals surface area contributed by atoms with Gasteiger partial charge in [0.2, 0.25) is 10.0 Å². The third-order valence-electron chi connectivity index (χ3n) is 1.71. The second kappa shape index (κ2) is 4.43. The highest BCUT2D eigenvalue weighted by atomic mass is 32.2. The highest BCUT2D eigenvalue weighted by Crippen LogP contribution is 2.05. The van der Waals surface area contributed by atoms with Crippen molar-refractivity contribution in [1.82, 2.24) is 4.31 Å². The third-order valence-corrected chi connectivity index (χ3v) is 3.33. The summed E-state index contributed by atoms with van der Waals surface area (Å²) in [6.07, 6.45) is 0. The maximum atomic E-state index is 11.4. The van der Waals surface area contributed by atoms with E-state index in [0.717, 1.165) is 0 Å². The lowest BCUT2D eigenvalue weighted by Gasteiger charge is -2.12. The molecule has 0 unspecified atom stereocenters. The van der Waals surface area contributed by atoms with Gasteiger partial charge in [0.1, 0.15) is 5.88 Å². The van der Waals surface area contributed by atoms with Crippen molar-refractivity contribution in [3.63, 3.8) is 0 Å². The van der Waals surface area contributed by atoms with E-state index in [-0.39, 0.29) is 5.88 Å². The molecule has 0 atom stereocenters. The molecule has 4 nitrogen and oxygen atoms in total. The van der Waals surface area contributed by atoms with E-state index in [0.29, 0.717) is 5.69 Å². The lowest BCUT2D eigenvalue weighted by molar-refractivity contribution is 0.522. The molecule has 1 aromatic carbocycles. The minimum absolute atomic E-state index is 0.111. The summed E-state index contributed by atoms with van der Waals surface area (Å²) < 4.78 is 23.9. The number of benzene rings is 1. The van der Waals surface area contributed by atoms with E-state index >= 15 is 0 Å². The van der Waals surface area contributed by atoms with Crippen molar-refractivity contribution in [2.75, 3.05) is 25.3 Å². The van der Waals surface area contributed by atoms with E-state index in [1.165, 1.54) is 18.4 Å². The van der Waals surface area contributed by atoms with Crippen LogP contribution >= 0.6 is 0 Å². The topological polar surface area (TPSA) is 49.4 Å². The zero-order valence-corrected chi connectivity index (χ0v) is 9.00. The molecule has 0 aliphatic rings. The first-order chi connectivity index (χ1) is 6.52. The molecule has 0 fully saturated rings. The quantitative estimate of drug-likeness (QED) is 0.803. The van der Waals surface area contributed by atoms with E-state index in [2.05, 4.69) is 11.4 Å². The van der Waals surface area contributed by atoms with Gasteiger partial charge in [-0.1, -0.05) is 18.2 Å². The van der Waals surface area contributed by atoms with Crippen LogP contribution in [0.3, 0.4) is 0 Å². The Kier molecular flexibility index (Phi) is 3.49. The highest BCUT2D eigenvalue weighted by Gasteiger charge is 2.12. The molecule has 1 N–H and O–H groups in total. The Labute approximate surface area is 84.6 Å². The predicted octanol–water partition coefficient (Wildman–Crippen LogP) is 0.748. The molecule has 0 amide bonds. The summed E-state index contributed by atoms with van der Waals surface area (Å²) in [5.41, 5.74) is 0.679. The zero-order valence-electron chi connectivity index (χ0n) is 8.19. The molecule has 1 aromatic rings. The zero-order chi connectivity index (χ0) is 10.6. The number of hydrogen-bond donors (Lipinski definition) is 1. The van der Waals surface area contributed by atoms with Gasteiger partial charge in [-0.05, 0) is 6.07 Å². The molecule has 0 bridgehead atoms. The first kappa shape index (κ1) is 11.0. The van der Waals surface area contributed by atoms with E-state index in [9.17, 15) is 8.42 Å². The molecule has 5 heteroatoms. The van der Waals surface area contributed by atoms with E-state index in [1.54, 1.807) is 12.1 Å². The van der Waals surface area contributed by atoms with Gasteiger partial charge in [0.05, 0.1) is 0 Å². The van der Waals surface area contributed by atoms with Crippen LogP contribution in [0.15, 0.2) is 24.3 Å². The van der Waals surface area contributed by atoms with E-state index < -0.39 is 10.0 Å². The van der Waals surface area contributed by atoms with Gasteiger partial charge in [-0.2, -0.15) is 0 Å². The van der Waals surface area contributed by atoms with Crippen LogP contribution in [-0.2, 0) is 10.0 Å². The normalized spacial score (nSPS) is 11.6. The van der Waals surface area contributed by atoms with Gasteiger partial charge < -0.3 is 5.32 Å². The van der Waals surface area contributed by atoms with Crippen LogP contribution in [0.5, 0.6) is 0 Å². The summed E-state index contributed by atoms with van der Waals surface area (Å²) in [5.74, 6) is -0.111. The number of sulfonamides is 1. The summed E-state index contributed by atoms with van der Waals surface area (Å²) >= 11 is 0. The van der Waals surface area contributed by atoms with Crippen LogP contribution in [0, 0.1) is 6.07 Å². The van der Waals surface area contributed by atoms with Crippen molar-refractivity contribution in [2.45, 2.75) is 0 Å². The monoisotopic (exact) mass is 213 g/mol. The molecule has 0 aliphatic carbocycles. The molecule has 0 heterocycles. The maximum absolute atomic E-state index is 11.4. The standard InChI is InChI=1S/C9H13N2O2S/c1-11(2)14(12,13)8-10-9-6-4-3-5-7-9/h3-6,10H,8H2,1-2H3. The van der Waals surface area contributed by atoms with Gasteiger partial charge in [0.25, 0.3) is 0 Å². The first-order valence-corrected chi connectivity index (χ1v) is 5.74. The molecule has 0 saturated heterocycles. The van der Waals surface area contributed by atoms with Crippen molar-refractivity contribution in [1.29, 1.82) is 0 Å². The SMILES string of the molecule is CN(C)S(=O)(=O)CNc1[c]cccc1. The average Bonchev–Trinajstić information content (AvgIpc) is 2.16. The third kappa shape index (κ3) is 3.01. The molecular formula is C9H13N2O2S. The van der Waals surface area contributed by atoms with Gasteiger partial charge in [0, 0.05) is 25.8 Å². The Morgan fingerprint density at radius 3 is 2.64 bits per heavy atom. The molecular weight excluding hydrogens is 200 g/mol. The fraction of sp³-hybridized carbons (Fsp3) is 0.333. The predicted molar refractivity (Wildman–Crippen MR) is 56.4 cm³/mol. The van der Waals surface area contributed by atoms with Crippen molar-refractivity contribution in [3.05, 3.63) is 30.3 Å². The van der Waals surface area contributed by atoms with Crippen LogP contribution in [0.4, 0.5) is 5.69 Å². The molecule has 0 aromatic heterocycles. The first-order valence-electron chi connectivity index (χ1n) is 4.13. The number of nitrogens with one attached hydrogen (secondary N) is 1. The number of anilines is 1. The van der Waals surface area contributed by atoms with Crippen molar-refractivity contribution < 1.29 is 8.42 Å². The van der Waals surface area contributed by atoms with Gasteiger partial charge in [-0.3, -0.25) is 0 Å². The number of nitrogens with zero attached hydrogens (tertiary/aromatic N) is 1. The molecule has 1 radical (unpaired) electrons. The number of para-hydroxylation sites is 1. The van der Waals surface area contributed by atoms with Gasteiger partial charge in [0.15, 0.2) is 0 Å². The minimum Gasteiger partial charge on any atom is -0.370 e. The Bertz CT molecular complexity index is 373. The maximum Gasteiger partial charge on any atom is 0.231 e. The minimum atomic E-state index is -3.19. The largest absolute Gasteiger partial charge is 0.370 e. The summed E-state index contributed by atoms with van der Waals surface area (Å²) in [7, 11) is -0.183. The highest BCUT2D eigenvalue weighted by molar-refractivity contribution is 7.89. The average molecular weight is 213 g/mol. The Hall–Kier alpha value is -1.07. The number of rotatable bonds is 4. The lowest BCUT2D eigenvalue weighted by atomic mass is 10.3. The molecule has 0 spiro atoms. The van der Waals surface area contributed by atoms with E-state index in [4.69, 9.17) is 0 Å². The molecule has 14 heavy (non-hydrogen) atoms. The fourth-order valence-electron chi connectivity index (χ4n) is 0.801. The summed E-state index contributed by atoms with van der Waals surface area (Å²) in [4.78, 5) is 0. The Balaban J connectivity index is 2.58. The summed E-state index contributed by atoms with van der Waals surface area (Å²) in [5, 5.41) is 2.78. The van der Waals surface area contributed by atoms with Crippen LogP contribution in [0.1, 0.15) is 0 Å².